The molecule has 1 heterocycles. The van der Waals surface area contributed by atoms with Gasteiger partial charge in [0.15, 0.2) is 0 Å². The summed E-state index contributed by atoms with van der Waals surface area (Å²) in [6.45, 7) is 7.20. The van der Waals surface area contributed by atoms with Gasteiger partial charge in [0.2, 0.25) is 5.91 Å². The van der Waals surface area contributed by atoms with Crippen LogP contribution >= 0.6 is 0 Å². The van der Waals surface area contributed by atoms with E-state index in [9.17, 15) is 4.79 Å². The summed E-state index contributed by atoms with van der Waals surface area (Å²) in [5.41, 5.74) is 0. The van der Waals surface area contributed by atoms with E-state index >= 15 is 0 Å². The molecule has 2 atom stereocenters. The molecule has 1 aliphatic heterocycles. The van der Waals surface area contributed by atoms with Crippen molar-refractivity contribution in [1.82, 2.24) is 5.01 Å². The van der Waals surface area contributed by atoms with Crippen LogP contribution in [0.5, 0.6) is 0 Å². The molecule has 0 aromatic rings. The van der Waals surface area contributed by atoms with E-state index in [2.05, 4.69) is 24.2 Å². The van der Waals surface area contributed by atoms with Crippen molar-refractivity contribution in [2.24, 2.45) is 16.3 Å². The average molecular weight is 228 g/mol. The first kappa shape index (κ1) is 11.2. The smallest absolute Gasteiger partial charge is 0.216 e. The number of hydrogen-bond donors (Lipinski definition) is 0. The Balaban J connectivity index is 0.000001000. The van der Waals surface area contributed by atoms with Gasteiger partial charge in [0.05, 0.1) is 0 Å². The second-order valence-electron chi connectivity index (χ2n) is 2.24. The van der Waals surface area contributed by atoms with E-state index in [4.69, 9.17) is 0 Å². The molecule has 5 heteroatoms. The second kappa shape index (κ2) is 4.26. The molecular formula is C6H9N3OY-2. The van der Waals surface area contributed by atoms with Crippen LogP contribution in [0.25, 0.3) is 0 Å². The van der Waals surface area contributed by atoms with Gasteiger partial charge in [-0.3, -0.25) is 4.79 Å². The SMILES string of the molecule is [CH2-]C1N=NN(C)C(=O)C1[CH2-].[Y]. The first-order valence-electron chi connectivity index (χ1n) is 2.97. The predicted molar refractivity (Wildman–Crippen MR) is 35.6 cm³/mol. The van der Waals surface area contributed by atoms with Crippen LogP contribution in [0, 0.1) is 19.8 Å². The van der Waals surface area contributed by atoms with Crippen molar-refractivity contribution in [3.63, 3.8) is 0 Å². The largest absolute Gasteiger partial charge is 0.332 e. The summed E-state index contributed by atoms with van der Waals surface area (Å²) in [5, 5.41) is 8.43. The van der Waals surface area contributed by atoms with E-state index < -0.39 is 0 Å². The van der Waals surface area contributed by atoms with Gasteiger partial charge in [0.1, 0.15) is 0 Å². The summed E-state index contributed by atoms with van der Waals surface area (Å²) in [4.78, 5) is 11.0. The van der Waals surface area contributed by atoms with Crippen molar-refractivity contribution < 1.29 is 37.5 Å². The van der Waals surface area contributed by atoms with E-state index in [1.165, 1.54) is 5.01 Å². The summed E-state index contributed by atoms with van der Waals surface area (Å²) in [5.74, 6) is -0.516. The molecule has 0 spiro atoms. The number of amides is 1. The Morgan fingerprint density at radius 2 is 2.09 bits per heavy atom. The van der Waals surface area contributed by atoms with Crippen LogP contribution < -0.4 is 0 Å². The van der Waals surface area contributed by atoms with E-state index in [1.807, 2.05) is 0 Å². The topological polar surface area (TPSA) is 45.0 Å². The molecule has 0 N–H and O–H groups in total. The van der Waals surface area contributed by atoms with Gasteiger partial charge in [-0.25, -0.2) is 10.1 Å². The van der Waals surface area contributed by atoms with Gasteiger partial charge in [-0.1, -0.05) is 17.2 Å². The minimum Gasteiger partial charge on any atom is -0.332 e. The first-order chi connectivity index (χ1) is 4.63. The van der Waals surface area contributed by atoms with Crippen molar-refractivity contribution in [1.29, 1.82) is 0 Å². The van der Waals surface area contributed by atoms with Gasteiger partial charge in [0, 0.05) is 39.8 Å². The zero-order valence-corrected chi connectivity index (χ0v) is 9.23. The summed E-state index contributed by atoms with van der Waals surface area (Å²) >= 11 is 0. The Hall–Kier alpha value is 0.174. The summed E-state index contributed by atoms with van der Waals surface area (Å²) in [6, 6.07) is -0.330. The minimum absolute atomic E-state index is 0. The summed E-state index contributed by atoms with van der Waals surface area (Å²) < 4.78 is 0. The van der Waals surface area contributed by atoms with E-state index in [-0.39, 0.29) is 50.6 Å². The number of hydrogen-bond acceptors (Lipinski definition) is 3. The molecule has 0 saturated heterocycles. The maximum absolute atomic E-state index is 11.0. The fraction of sp³-hybridized carbons (Fsp3) is 0.500. The van der Waals surface area contributed by atoms with E-state index in [1.54, 1.807) is 7.05 Å². The molecule has 4 nitrogen and oxygen atoms in total. The van der Waals surface area contributed by atoms with Crippen LogP contribution in [0.2, 0.25) is 0 Å². The van der Waals surface area contributed by atoms with Crippen molar-refractivity contribution in [2.75, 3.05) is 7.05 Å². The third-order valence-electron chi connectivity index (χ3n) is 1.43. The van der Waals surface area contributed by atoms with E-state index in [0.717, 1.165) is 0 Å². The number of carbonyl (C=O) groups is 1. The Morgan fingerprint density at radius 3 is 2.55 bits per heavy atom. The van der Waals surface area contributed by atoms with Crippen molar-refractivity contribution in [3.8, 4) is 0 Å². The third-order valence-corrected chi connectivity index (χ3v) is 1.43. The molecule has 0 fully saturated rings. The molecular weight excluding hydrogens is 219 g/mol. The quantitative estimate of drug-likeness (QED) is 0.556. The van der Waals surface area contributed by atoms with Gasteiger partial charge in [-0.15, -0.1) is 0 Å². The van der Waals surface area contributed by atoms with Gasteiger partial charge in [-0.05, 0) is 0 Å². The Labute approximate surface area is 91.3 Å². The van der Waals surface area contributed by atoms with Gasteiger partial charge in [-0.2, -0.15) is 0 Å². The monoisotopic (exact) mass is 228 g/mol. The Bertz CT molecular complexity index is 183. The normalized spacial score (nSPS) is 30.1. The van der Waals surface area contributed by atoms with Crippen LogP contribution in [0.3, 0.4) is 0 Å². The van der Waals surface area contributed by atoms with Crippen molar-refractivity contribution >= 4 is 5.91 Å². The molecule has 1 amide bonds. The van der Waals surface area contributed by atoms with Crippen LogP contribution in [-0.2, 0) is 37.5 Å². The molecule has 1 radical (unpaired) electrons. The number of nitrogens with zero attached hydrogens (tertiary/aromatic N) is 3. The van der Waals surface area contributed by atoms with Crippen LogP contribution in [-0.4, -0.2) is 24.0 Å². The fourth-order valence-corrected chi connectivity index (χ4v) is 0.673. The standard InChI is InChI=1S/C6H9N3O.Y/c1-4-5(2)7-8-9(3)6(4)10;/h4-5H,1-2H2,3H3;/q-2;. The van der Waals surface area contributed by atoms with Gasteiger partial charge in [0.25, 0.3) is 0 Å². The average Bonchev–Trinajstić information content (AvgIpc) is 1.93. The summed E-state index contributed by atoms with van der Waals surface area (Å²) in [7, 11) is 1.55. The minimum atomic E-state index is -0.387. The molecule has 0 saturated carbocycles. The van der Waals surface area contributed by atoms with Crippen LogP contribution in [0.4, 0.5) is 0 Å². The first-order valence-corrected chi connectivity index (χ1v) is 2.97. The van der Waals surface area contributed by atoms with Crippen molar-refractivity contribution in [2.45, 2.75) is 6.04 Å². The molecule has 2 unspecified atom stereocenters. The van der Waals surface area contributed by atoms with E-state index in [0.29, 0.717) is 0 Å². The van der Waals surface area contributed by atoms with Crippen LogP contribution in [0.1, 0.15) is 0 Å². The zero-order valence-electron chi connectivity index (χ0n) is 6.40. The molecule has 0 aromatic heterocycles. The van der Waals surface area contributed by atoms with Crippen molar-refractivity contribution in [3.05, 3.63) is 13.8 Å². The zero-order chi connectivity index (χ0) is 7.72. The molecule has 0 bridgehead atoms. The Morgan fingerprint density at radius 1 is 1.55 bits per heavy atom. The molecule has 0 aliphatic carbocycles. The van der Waals surface area contributed by atoms with Gasteiger partial charge < -0.3 is 13.8 Å². The number of rotatable bonds is 0. The summed E-state index contributed by atoms with van der Waals surface area (Å²) in [6.07, 6.45) is 0. The molecule has 11 heavy (non-hydrogen) atoms. The predicted octanol–water partition coefficient (Wildman–Crippen LogP) is 0.476. The molecule has 0 aromatic carbocycles. The number of carbonyl (C=O) groups excluding carboxylic acids is 1. The Kier molecular flexibility index (Phi) is 4.33. The molecule has 59 valence electrons. The van der Waals surface area contributed by atoms with Crippen LogP contribution in [0.15, 0.2) is 10.3 Å². The molecule has 1 aliphatic rings. The molecule has 1 rings (SSSR count). The third kappa shape index (κ3) is 2.30. The maximum atomic E-state index is 11.0. The second-order valence-corrected chi connectivity index (χ2v) is 2.24. The fourth-order valence-electron chi connectivity index (χ4n) is 0.673. The van der Waals surface area contributed by atoms with Gasteiger partial charge >= 0.3 is 0 Å². The maximum Gasteiger partial charge on any atom is 0.216 e.